The summed E-state index contributed by atoms with van der Waals surface area (Å²) >= 11 is 3.56. The largest absolute Gasteiger partial charge is 0.339 e. The lowest BCUT2D eigenvalue weighted by atomic mass is 9.90. The van der Waals surface area contributed by atoms with Crippen molar-refractivity contribution in [2.75, 3.05) is 13.1 Å². The molecule has 0 unspecified atom stereocenters. The van der Waals surface area contributed by atoms with E-state index < -0.39 is 0 Å². The molecule has 3 aromatic carbocycles. The summed E-state index contributed by atoms with van der Waals surface area (Å²) in [6.07, 6.45) is 3.17. The lowest BCUT2D eigenvalue weighted by Gasteiger charge is -2.32. The highest BCUT2D eigenvalue weighted by atomic mass is 79.9. The van der Waals surface area contributed by atoms with E-state index in [2.05, 4.69) is 46.3 Å². The molecule has 1 saturated heterocycles. The first-order valence-corrected chi connectivity index (χ1v) is 12.0. The van der Waals surface area contributed by atoms with Gasteiger partial charge in [-0.25, -0.2) is 4.98 Å². The molecule has 0 aliphatic carbocycles. The molecule has 0 spiro atoms. The standard InChI is InChI=1S/C28H25BrN2O/c29-23-11-12-26-24(18-23)25(19-27(30-26)22-9-5-2-6-10-22)28(32)31-15-13-21(14-16-31)17-20-7-3-1-4-8-20/h1-12,18-19,21H,13-17H2. The van der Waals surface area contributed by atoms with Crippen LogP contribution in [-0.2, 0) is 6.42 Å². The zero-order chi connectivity index (χ0) is 21.9. The van der Waals surface area contributed by atoms with E-state index in [0.717, 1.165) is 64.5 Å². The Hall–Kier alpha value is -2.98. The summed E-state index contributed by atoms with van der Waals surface area (Å²) in [6.45, 7) is 1.60. The lowest BCUT2D eigenvalue weighted by molar-refractivity contribution is 0.0692. The number of piperidine rings is 1. The third-order valence-corrected chi connectivity index (χ3v) is 6.83. The SMILES string of the molecule is O=C(c1cc(-c2ccccc2)nc2ccc(Br)cc12)N1CCC(Cc2ccccc2)CC1. The Kier molecular flexibility index (Phi) is 6.04. The van der Waals surface area contributed by atoms with E-state index in [1.807, 2.05) is 59.5 Å². The van der Waals surface area contributed by atoms with Gasteiger partial charge in [0, 0.05) is 28.5 Å². The van der Waals surface area contributed by atoms with Crippen LogP contribution in [0, 0.1) is 5.92 Å². The molecule has 2 heterocycles. The van der Waals surface area contributed by atoms with E-state index in [9.17, 15) is 4.79 Å². The van der Waals surface area contributed by atoms with E-state index >= 15 is 0 Å². The minimum atomic E-state index is 0.103. The molecule has 1 aromatic heterocycles. The molecule has 0 N–H and O–H groups in total. The van der Waals surface area contributed by atoms with Crippen LogP contribution in [0.4, 0.5) is 0 Å². The molecule has 5 rings (SSSR count). The van der Waals surface area contributed by atoms with Crippen molar-refractivity contribution in [3.05, 3.63) is 101 Å². The second-order valence-corrected chi connectivity index (χ2v) is 9.42. The number of pyridine rings is 1. The van der Waals surface area contributed by atoms with Crippen LogP contribution in [0.15, 0.2) is 89.4 Å². The highest BCUT2D eigenvalue weighted by molar-refractivity contribution is 9.10. The molecule has 1 aliphatic heterocycles. The number of hydrogen-bond donors (Lipinski definition) is 0. The maximum absolute atomic E-state index is 13.7. The first-order chi connectivity index (χ1) is 15.7. The van der Waals surface area contributed by atoms with Gasteiger partial charge in [-0.2, -0.15) is 0 Å². The first kappa shape index (κ1) is 20.9. The van der Waals surface area contributed by atoms with Gasteiger partial charge in [-0.1, -0.05) is 76.6 Å². The van der Waals surface area contributed by atoms with Crippen LogP contribution >= 0.6 is 15.9 Å². The number of aromatic nitrogens is 1. The zero-order valence-electron chi connectivity index (χ0n) is 17.9. The number of carbonyl (C=O) groups excluding carboxylic acids is 1. The van der Waals surface area contributed by atoms with Crippen LogP contribution in [0.3, 0.4) is 0 Å². The summed E-state index contributed by atoms with van der Waals surface area (Å²) in [5.74, 6) is 0.732. The second-order valence-electron chi connectivity index (χ2n) is 8.51. The molecular weight excluding hydrogens is 460 g/mol. The van der Waals surface area contributed by atoms with Crippen molar-refractivity contribution in [1.29, 1.82) is 0 Å². The average Bonchev–Trinajstić information content (AvgIpc) is 2.85. The van der Waals surface area contributed by atoms with Gasteiger partial charge in [-0.05, 0) is 55.0 Å². The molecule has 1 fully saturated rings. The molecule has 4 aromatic rings. The lowest BCUT2D eigenvalue weighted by Crippen LogP contribution is -2.39. The summed E-state index contributed by atoms with van der Waals surface area (Å²) in [7, 11) is 0. The van der Waals surface area contributed by atoms with E-state index in [0.29, 0.717) is 5.92 Å². The molecular formula is C28H25BrN2O. The maximum Gasteiger partial charge on any atom is 0.254 e. The Labute approximate surface area is 197 Å². The quantitative estimate of drug-likeness (QED) is 0.320. The van der Waals surface area contributed by atoms with Gasteiger partial charge < -0.3 is 4.90 Å². The van der Waals surface area contributed by atoms with E-state index in [-0.39, 0.29) is 5.91 Å². The number of nitrogens with zero attached hydrogens (tertiary/aromatic N) is 2. The Morgan fingerprint density at radius 2 is 1.59 bits per heavy atom. The van der Waals surface area contributed by atoms with Crippen molar-refractivity contribution in [2.24, 2.45) is 5.92 Å². The number of carbonyl (C=O) groups is 1. The number of fused-ring (bicyclic) bond motifs is 1. The van der Waals surface area contributed by atoms with Gasteiger partial charge in [0.15, 0.2) is 0 Å². The van der Waals surface area contributed by atoms with Gasteiger partial charge in [0.1, 0.15) is 0 Å². The van der Waals surface area contributed by atoms with Gasteiger partial charge >= 0.3 is 0 Å². The number of benzene rings is 3. The molecule has 160 valence electrons. The molecule has 1 amide bonds. The fourth-order valence-electron chi connectivity index (χ4n) is 4.59. The molecule has 0 bridgehead atoms. The number of likely N-dealkylation sites (tertiary alicyclic amines) is 1. The van der Waals surface area contributed by atoms with Crippen molar-refractivity contribution in [3.8, 4) is 11.3 Å². The minimum absolute atomic E-state index is 0.103. The smallest absolute Gasteiger partial charge is 0.254 e. The van der Waals surface area contributed by atoms with Crippen LogP contribution < -0.4 is 0 Å². The highest BCUT2D eigenvalue weighted by Crippen LogP contribution is 2.30. The summed E-state index contributed by atoms with van der Waals surface area (Å²) in [5, 5.41) is 0.899. The van der Waals surface area contributed by atoms with Crippen molar-refractivity contribution in [1.82, 2.24) is 9.88 Å². The third kappa shape index (κ3) is 4.46. The number of halogens is 1. The van der Waals surface area contributed by atoms with E-state index in [1.165, 1.54) is 5.56 Å². The molecule has 0 saturated carbocycles. The van der Waals surface area contributed by atoms with Crippen molar-refractivity contribution < 1.29 is 4.79 Å². The molecule has 1 aliphatic rings. The number of hydrogen-bond acceptors (Lipinski definition) is 2. The Balaban J connectivity index is 1.41. The Bertz CT molecular complexity index is 1230. The summed E-state index contributed by atoms with van der Waals surface area (Å²) in [5.41, 5.74) is 4.82. The average molecular weight is 485 g/mol. The number of rotatable bonds is 4. The third-order valence-electron chi connectivity index (χ3n) is 6.34. The van der Waals surface area contributed by atoms with Crippen LogP contribution in [0.25, 0.3) is 22.2 Å². The Morgan fingerprint density at radius 1 is 0.906 bits per heavy atom. The van der Waals surface area contributed by atoms with Crippen LogP contribution in [0.1, 0.15) is 28.8 Å². The zero-order valence-corrected chi connectivity index (χ0v) is 19.5. The predicted molar refractivity (Wildman–Crippen MR) is 134 cm³/mol. The van der Waals surface area contributed by atoms with Crippen molar-refractivity contribution in [3.63, 3.8) is 0 Å². The van der Waals surface area contributed by atoms with Crippen LogP contribution in [0.5, 0.6) is 0 Å². The van der Waals surface area contributed by atoms with Gasteiger partial charge in [-0.15, -0.1) is 0 Å². The van der Waals surface area contributed by atoms with Gasteiger partial charge in [0.25, 0.3) is 5.91 Å². The molecule has 32 heavy (non-hydrogen) atoms. The fourth-order valence-corrected chi connectivity index (χ4v) is 4.95. The van der Waals surface area contributed by atoms with Gasteiger partial charge in [0.05, 0.1) is 16.8 Å². The second kappa shape index (κ2) is 9.25. The Morgan fingerprint density at radius 3 is 2.31 bits per heavy atom. The first-order valence-electron chi connectivity index (χ1n) is 11.2. The fraction of sp³-hybridized carbons (Fsp3) is 0.214. The van der Waals surface area contributed by atoms with E-state index in [1.54, 1.807) is 0 Å². The van der Waals surface area contributed by atoms with Crippen molar-refractivity contribution in [2.45, 2.75) is 19.3 Å². The summed E-state index contributed by atoms with van der Waals surface area (Å²) in [6, 6.07) is 28.7. The van der Waals surface area contributed by atoms with Crippen LogP contribution in [-0.4, -0.2) is 28.9 Å². The summed E-state index contributed by atoms with van der Waals surface area (Å²) in [4.78, 5) is 20.5. The monoisotopic (exact) mass is 484 g/mol. The maximum atomic E-state index is 13.7. The van der Waals surface area contributed by atoms with Crippen molar-refractivity contribution >= 4 is 32.7 Å². The predicted octanol–water partition coefficient (Wildman–Crippen LogP) is 6.76. The number of amides is 1. The molecule has 0 radical (unpaired) electrons. The topological polar surface area (TPSA) is 33.2 Å². The van der Waals surface area contributed by atoms with Gasteiger partial charge in [0.2, 0.25) is 0 Å². The summed E-state index contributed by atoms with van der Waals surface area (Å²) < 4.78 is 0.954. The highest BCUT2D eigenvalue weighted by Gasteiger charge is 2.25. The molecule has 4 heteroatoms. The van der Waals surface area contributed by atoms with Gasteiger partial charge in [-0.3, -0.25) is 4.79 Å². The normalized spacial score (nSPS) is 14.6. The van der Waals surface area contributed by atoms with Crippen LogP contribution in [0.2, 0.25) is 0 Å². The molecule has 3 nitrogen and oxygen atoms in total. The minimum Gasteiger partial charge on any atom is -0.339 e. The van der Waals surface area contributed by atoms with E-state index in [4.69, 9.17) is 4.98 Å². The molecule has 0 atom stereocenters.